The number of carbonyl (C=O) groups is 3. The molecule has 106 valence electrons. The Labute approximate surface area is 121 Å². The predicted octanol–water partition coefficient (Wildman–Crippen LogP) is 2.08. The van der Waals surface area contributed by atoms with Gasteiger partial charge in [-0.25, -0.2) is 4.79 Å². The van der Waals surface area contributed by atoms with Crippen LogP contribution in [0.1, 0.15) is 29.3 Å². The van der Waals surface area contributed by atoms with E-state index in [-0.39, 0.29) is 21.8 Å². The van der Waals surface area contributed by atoms with Crippen LogP contribution in [0.2, 0.25) is 0 Å². The highest BCUT2D eigenvalue weighted by molar-refractivity contribution is 8.14. The molecule has 0 aromatic heterocycles. The molecule has 20 heavy (non-hydrogen) atoms. The van der Waals surface area contributed by atoms with Crippen LogP contribution in [0.15, 0.2) is 18.2 Å². The van der Waals surface area contributed by atoms with Gasteiger partial charge in [-0.1, -0.05) is 11.8 Å². The molecule has 1 saturated heterocycles. The molecule has 2 rings (SSSR count). The highest BCUT2D eigenvalue weighted by atomic mass is 32.2. The number of nitrogens with zero attached hydrogens (tertiary/aromatic N) is 1. The molecule has 0 aliphatic carbocycles. The molecule has 1 amide bonds. The van der Waals surface area contributed by atoms with Crippen molar-refractivity contribution in [2.75, 3.05) is 11.4 Å². The Kier molecular flexibility index (Phi) is 4.13. The second-order valence-corrected chi connectivity index (χ2v) is 6.22. The van der Waals surface area contributed by atoms with Gasteiger partial charge in [-0.3, -0.25) is 9.59 Å². The normalized spacial score (nSPS) is 18.4. The monoisotopic (exact) mass is 293 g/mol. The van der Waals surface area contributed by atoms with Crippen molar-refractivity contribution in [2.45, 2.75) is 25.5 Å². The molecule has 1 fully saturated rings. The summed E-state index contributed by atoms with van der Waals surface area (Å²) in [6.45, 7) is 3.67. The number of carbonyl (C=O) groups excluding carboxylic acids is 2. The van der Waals surface area contributed by atoms with Gasteiger partial charge in [0.1, 0.15) is 0 Å². The molecule has 0 radical (unpaired) electrons. The number of benzene rings is 1. The fourth-order valence-electron chi connectivity index (χ4n) is 2.29. The number of carboxylic acids is 1. The lowest BCUT2D eigenvalue weighted by Crippen LogP contribution is -2.25. The minimum absolute atomic E-state index is 0.00190. The van der Waals surface area contributed by atoms with Crippen molar-refractivity contribution in [3.8, 4) is 0 Å². The Balaban J connectivity index is 2.20. The molecule has 1 aliphatic rings. The Hall–Kier alpha value is -1.82. The number of amides is 1. The van der Waals surface area contributed by atoms with Gasteiger partial charge in [0.15, 0.2) is 5.12 Å². The van der Waals surface area contributed by atoms with E-state index in [2.05, 4.69) is 0 Å². The van der Waals surface area contributed by atoms with E-state index in [1.54, 1.807) is 24.0 Å². The summed E-state index contributed by atoms with van der Waals surface area (Å²) in [5, 5.41) is 8.97. The molecular formula is C14H15NO4S. The lowest BCUT2D eigenvalue weighted by molar-refractivity contribution is -0.117. The van der Waals surface area contributed by atoms with E-state index in [0.29, 0.717) is 24.2 Å². The van der Waals surface area contributed by atoms with Gasteiger partial charge in [-0.15, -0.1) is 0 Å². The van der Waals surface area contributed by atoms with Crippen LogP contribution in [0.3, 0.4) is 0 Å². The molecule has 1 N–H and O–H groups in total. The summed E-state index contributed by atoms with van der Waals surface area (Å²) in [5.74, 6) is -1.02. The number of aromatic carboxylic acids is 1. The summed E-state index contributed by atoms with van der Waals surface area (Å²) >= 11 is 1.18. The van der Waals surface area contributed by atoms with Crippen LogP contribution in [0.5, 0.6) is 0 Å². The first-order valence-electron chi connectivity index (χ1n) is 6.20. The molecule has 5 nitrogen and oxygen atoms in total. The van der Waals surface area contributed by atoms with Gasteiger partial charge in [-0.2, -0.15) is 0 Å². The number of rotatable bonds is 3. The summed E-state index contributed by atoms with van der Waals surface area (Å²) in [5.41, 5.74) is 1.53. The SMILES string of the molecule is CC(=O)SC1CC(=O)N(c2ccc(C(=O)O)c(C)c2)C1. The second kappa shape index (κ2) is 5.66. The van der Waals surface area contributed by atoms with Gasteiger partial charge in [-0.05, 0) is 30.7 Å². The lowest BCUT2D eigenvalue weighted by Gasteiger charge is -2.17. The predicted molar refractivity (Wildman–Crippen MR) is 77.2 cm³/mol. The molecule has 0 spiro atoms. The molecule has 0 bridgehead atoms. The van der Waals surface area contributed by atoms with Crippen molar-refractivity contribution >= 4 is 34.4 Å². The fraction of sp³-hybridized carbons (Fsp3) is 0.357. The van der Waals surface area contributed by atoms with E-state index in [0.717, 1.165) is 0 Å². The van der Waals surface area contributed by atoms with Crippen LogP contribution in [0.4, 0.5) is 5.69 Å². The summed E-state index contributed by atoms with van der Waals surface area (Å²) in [7, 11) is 0. The highest BCUT2D eigenvalue weighted by Gasteiger charge is 2.32. The number of aryl methyl sites for hydroxylation is 1. The summed E-state index contributed by atoms with van der Waals surface area (Å²) in [4.78, 5) is 35.7. The molecule has 1 aromatic rings. The summed E-state index contributed by atoms with van der Waals surface area (Å²) < 4.78 is 0. The molecule has 6 heteroatoms. The van der Waals surface area contributed by atoms with Crippen LogP contribution in [0, 0.1) is 6.92 Å². The summed E-state index contributed by atoms with van der Waals surface area (Å²) in [6.07, 6.45) is 0.337. The average Bonchev–Trinajstić information content (AvgIpc) is 2.68. The van der Waals surface area contributed by atoms with Gasteiger partial charge in [0.2, 0.25) is 5.91 Å². The minimum atomic E-state index is -0.980. The van der Waals surface area contributed by atoms with Gasteiger partial charge >= 0.3 is 5.97 Å². The maximum Gasteiger partial charge on any atom is 0.335 e. The number of hydrogen-bond acceptors (Lipinski definition) is 4. The second-order valence-electron chi connectivity index (χ2n) is 4.74. The van der Waals surface area contributed by atoms with E-state index in [1.165, 1.54) is 24.8 Å². The summed E-state index contributed by atoms with van der Waals surface area (Å²) in [6, 6.07) is 4.84. The average molecular weight is 293 g/mol. The van der Waals surface area contributed by atoms with Crippen LogP contribution in [-0.4, -0.2) is 33.9 Å². The van der Waals surface area contributed by atoms with Crippen LogP contribution in [0.25, 0.3) is 0 Å². The lowest BCUT2D eigenvalue weighted by atomic mass is 10.1. The van der Waals surface area contributed by atoms with E-state index in [4.69, 9.17) is 5.11 Å². The van der Waals surface area contributed by atoms with Crippen LogP contribution < -0.4 is 4.90 Å². The fourth-order valence-corrected chi connectivity index (χ4v) is 3.21. The Morgan fingerprint density at radius 2 is 2.10 bits per heavy atom. The molecular weight excluding hydrogens is 278 g/mol. The standard InChI is InChI=1S/C14H15NO4S/c1-8-5-10(3-4-12(8)14(18)19)15-7-11(6-13(15)17)20-9(2)16/h3-5,11H,6-7H2,1-2H3,(H,18,19). The highest BCUT2D eigenvalue weighted by Crippen LogP contribution is 2.29. The third kappa shape index (κ3) is 3.01. The van der Waals surface area contributed by atoms with Crippen molar-refractivity contribution in [3.63, 3.8) is 0 Å². The first-order valence-corrected chi connectivity index (χ1v) is 7.08. The van der Waals surface area contributed by atoms with Crippen molar-refractivity contribution < 1.29 is 19.5 Å². The third-order valence-corrected chi connectivity index (χ3v) is 4.16. The molecule has 1 aromatic carbocycles. The van der Waals surface area contributed by atoms with Gasteiger partial charge in [0.25, 0.3) is 0 Å². The Morgan fingerprint density at radius 3 is 2.65 bits per heavy atom. The Bertz CT molecular complexity index is 585. The van der Waals surface area contributed by atoms with Crippen molar-refractivity contribution in [1.82, 2.24) is 0 Å². The maximum absolute atomic E-state index is 12.0. The first-order chi connectivity index (χ1) is 9.38. The van der Waals surface area contributed by atoms with Gasteiger partial charge in [0.05, 0.1) is 5.56 Å². The molecule has 1 aliphatic heterocycles. The zero-order valence-electron chi connectivity index (χ0n) is 11.3. The maximum atomic E-state index is 12.0. The molecule has 1 heterocycles. The zero-order chi connectivity index (χ0) is 14.9. The number of thioether (sulfide) groups is 1. The number of anilines is 1. The quantitative estimate of drug-likeness (QED) is 0.923. The smallest absolute Gasteiger partial charge is 0.335 e. The van der Waals surface area contributed by atoms with Crippen molar-refractivity contribution in [1.29, 1.82) is 0 Å². The molecule has 1 atom stereocenters. The van der Waals surface area contributed by atoms with Crippen molar-refractivity contribution in [3.05, 3.63) is 29.3 Å². The molecule has 1 unspecified atom stereocenters. The Morgan fingerprint density at radius 1 is 1.40 bits per heavy atom. The van der Waals surface area contributed by atoms with E-state index >= 15 is 0 Å². The van der Waals surface area contributed by atoms with E-state index in [1.807, 2.05) is 0 Å². The zero-order valence-corrected chi connectivity index (χ0v) is 12.1. The topological polar surface area (TPSA) is 74.7 Å². The minimum Gasteiger partial charge on any atom is -0.478 e. The van der Waals surface area contributed by atoms with E-state index < -0.39 is 5.97 Å². The van der Waals surface area contributed by atoms with Gasteiger partial charge in [0, 0.05) is 30.8 Å². The number of hydrogen-bond donors (Lipinski definition) is 1. The van der Waals surface area contributed by atoms with Crippen LogP contribution in [-0.2, 0) is 9.59 Å². The largest absolute Gasteiger partial charge is 0.478 e. The van der Waals surface area contributed by atoms with Gasteiger partial charge < -0.3 is 10.0 Å². The number of carboxylic acid groups (broad SMARTS) is 1. The first kappa shape index (κ1) is 14.6. The van der Waals surface area contributed by atoms with Crippen molar-refractivity contribution in [2.24, 2.45) is 0 Å². The van der Waals surface area contributed by atoms with E-state index in [9.17, 15) is 14.4 Å². The van der Waals surface area contributed by atoms with Crippen LogP contribution >= 0.6 is 11.8 Å². The molecule has 0 saturated carbocycles. The third-order valence-electron chi connectivity index (χ3n) is 3.17.